The average Bonchev–Trinajstić information content (AvgIpc) is 2.84. The highest BCUT2D eigenvalue weighted by molar-refractivity contribution is 5.21. The van der Waals surface area contributed by atoms with E-state index in [4.69, 9.17) is 18.9 Å². The normalized spacial score (nSPS) is 27.3. The summed E-state index contributed by atoms with van der Waals surface area (Å²) in [6.45, 7) is 7.85. The van der Waals surface area contributed by atoms with E-state index >= 15 is 0 Å². The lowest BCUT2D eigenvalue weighted by molar-refractivity contribution is -0.0730. The predicted octanol–water partition coefficient (Wildman–Crippen LogP) is 5.04. The first-order valence-electron chi connectivity index (χ1n) is 12.0. The lowest BCUT2D eigenvalue weighted by Crippen LogP contribution is -2.47. The molecule has 1 aliphatic rings. The fourth-order valence-corrected chi connectivity index (χ4v) is 4.61. The Morgan fingerprint density at radius 1 is 0.625 bits per heavy atom. The number of rotatable bonds is 4. The van der Waals surface area contributed by atoms with E-state index in [1.807, 2.05) is 0 Å². The van der Waals surface area contributed by atoms with Crippen LogP contribution in [0.4, 0.5) is 0 Å². The molecule has 3 rings (SSSR count). The Labute approximate surface area is 193 Å². The van der Waals surface area contributed by atoms with Gasteiger partial charge in [-0.05, 0) is 31.0 Å². The van der Waals surface area contributed by atoms with Gasteiger partial charge in [-0.3, -0.25) is 4.90 Å². The monoisotopic (exact) mass is 441 g/mol. The smallest absolute Gasteiger partial charge is 0.0981 e. The number of likely N-dealkylation sites (N-methyl/N-ethyl adjacent to an activating group) is 1. The SMILES string of the molecule is CC[C@H]1[C@@H](c2ccccc2)OCCOCCOCCO[C@H](c2ccccc2)[C@H](CC)N1C. The topological polar surface area (TPSA) is 40.2 Å². The van der Waals surface area contributed by atoms with Crippen molar-refractivity contribution in [1.82, 2.24) is 4.90 Å². The summed E-state index contributed by atoms with van der Waals surface area (Å²) in [5, 5.41) is 0. The lowest BCUT2D eigenvalue weighted by Gasteiger charge is -2.42. The van der Waals surface area contributed by atoms with Crippen molar-refractivity contribution < 1.29 is 18.9 Å². The summed E-state index contributed by atoms with van der Waals surface area (Å²) in [7, 11) is 2.21. The second-order valence-corrected chi connectivity index (χ2v) is 8.25. The van der Waals surface area contributed by atoms with Crippen LogP contribution in [0.15, 0.2) is 60.7 Å². The van der Waals surface area contributed by atoms with Crippen LogP contribution in [-0.2, 0) is 18.9 Å². The van der Waals surface area contributed by atoms with Crippen molar-refractivity contribution in [3.8, 4) is 0 Å². The molecular formula is C27H39NO4. The Morgan fingerprint density at radius 2 is 1.00 bits per heavy atom. The highest BCUT2D eigenvalue weighted by Crippen LogP contribution is 2.33. The lowest BCUT2D eigenvalue weighted by atomic mass is 9.93. The first kappa shape index (κ1) is 24.9. The molecule has 1 fully saturated rings. The Morgan fingerprint density at radius 3 is 1.38 bits per heavy atom. The first-order chi connectivity index (χ1) is 15.8. The molecule has 0 saturated carbocycles. The van der Waals surface area contributed by atoms with E-state index in [1.54, 1.807) is 0 Å². The van der Waals surface area contributed by atoms with Gasteiger partial charge in [-0.25, -0.2) is 0 Å². The van der Waals surface area contributed by atoms with Gasteiger partial charge in [0, 0.05) is 12.1 Å². The summed E-state index contributed by atoms with van der Waals surface area (Å²) in [6.07, 6.45) is 1.86. The third-order valence-corrected chi connectivity index (χ3v) is 6.26. The fraction of sp³-hybridized carbons (Fsp3) is 0.556. The molecule has 0 bridgehead atoms. The molecule has 0 aliphatic carbocycles. The van der Waals surface area contributed by atoms with Crippen LogP contribution in [0.5, 0.6) is 0 Å². The molecule has 176 valence electrons. The quantitative estimate of drug-likeness (QED) is 0.665. The molecule has 0 amide bonds. The predicted molar refractivity (Wildman–Crippen MR) is 128 cm³/mol. The van der Waals surface area contributed by atoms with E-state index < -0.39 is 0 Å². The van der Waals surface area contributed by atoms with E-state index in [0.29, 0.717) is 39.6 Å². The zero-order chi connectivity index (χ0) is 22.6. The van der Waals surface area contributed by atoms with Gasteiger partial charge in [0.1, 0.15) is 0 Å². The van der Waals surface area contributed by atoms with Crippen molar-refractivity contribution in [3.05, 3.63) is 71.8 Å². The molecular weight excluding hydrogens is 402 g/mol. The summed E-state index contributed by atoms with van der Waals surface area (Å²) in [5.41, 5.74) is 2.40. The standard InChI is InChI=1S/C27H39NO4/c1-4-24-26(22-12-8-6-9-13-22)31-20-18-29-16-17-30-19-21-32-27(25(5-2)28(24)3)23-14-10-7-11-15-23/h6-15,24-27H,4-5,16-21H2,1-3H3/t24-,25-,26+,27+/m0/s1. The molecule has 0 radical (unpaired) electrons. The van der Waals surface area contributed by atoms with Gasteiger partial charge in [0.25, 0.3) is 0 Å². The highest BCUT2D eigenvalue weighted by Gasteiger charge is 2.34. The van der Waals surface area contributed by atoms with Crippen molar-refractivity contribution in [3.63, 3.8) is 0 Å². The molecule has 0 unspecified atom stereocenters. The summed E-state index contributed by atoms with van der Waals surface area (Å²) in [6, 6.07) is 21.5. The van der Waals surface area contributed by atoms with Crippen LogP contribution in [-0.4, -0.2) is 63.7 Å². The Hall–Kier alpha value is -1.76. The summed E-state index contributed by atoms with van der Waals surface area (Å²) < 4.78 is 24.4. The number of ether oxygens (including phenoxy) is 4. The second kappa shape index (κ2) is 13.7. The minimum atomic E-state index is -0.0401. The molecule has 5 heteroatoms. The fourth-order valence-electron chi connectivity index (χ4n) is 4.61. The Bertz CT molecular complexity index is 678. The van der Waals surface area contributed by atoms with Crippen molar-refractivity contribution >= 4 is 0 Å². The molecule has 2 aromatic rings. The molecule has 0 spiro atoms. The maximum absolute atomic E-state index is 6.46. The first-order valence-corrected chi connectivity index (χ1v) is 12.0. The molecule has 5 nitrogen and oxygen atoms in total. The molecule has 1 heterocycles. The molecule has 4 atom stereocenters. The van der Waals surface area contributed by atoms with E-state index in [-0.39, 0.29) is 24.3 Å². The van der Waals surface area contributed by atoms with Crippen LogP contribution in [0.2, 0.25) is 0 Å². The van der Waals surface area contributed by atoms with Gasteiger partial charge < -0.3 is 18.9 Å². The van der Waals surface area contributed by atoms with Gasteiger partial charge in [-0.15, -0.1) is 0 Å². The number of hydrogen-bond donors (Lipinski definition) is 0. The average molecular weight is 442 g/mol. The molecule has 32 heavy (non-hydrogen) atoms. The van der Waals surface area contributed by atoms with E-state index in [9.17, 15) is 0 Å². The van der Waals surface area contributed by atoms with Gasteiger partial charge in [0.05, 0.1) is 51.8 Å². The maximum atomic E-state index is 6.46. The van der Waals surface area contributed by atoms with Crippen LogP contribution in [0, 0.1) is 0 Å². The highest BCUT2D eigenvalue weighted by atomic mass is 16.6. The van der Waals surface area contributed by atoms with Gasteiger partial charge in [-0.2, -0.15) is 0 Å². The zero-order valence-electron chi connectivity index (χ0n) is 19.8. The van der Waals surface area contributed by atoms with Crippen molar-refractivity contribution in [1.29, 1.82) is 0 Å². The summed E-state index contributed by atoms with van der Waals surface area (Å²) >= 11 is 0. The number of nitrogens with zero attached hydrogens (tertiary/aromatic N) is 1. The molecule has 0 aromatic heterocycles. The third-order valence-electron chi connectivity index (χ3n) is 6.26. The molecule has 2 aromatic carbocycles. The van der Waals surface area contributed by atoms with Crippen molar-refractivity contribution in [2.24, 2.45) is 0 Å². The van der Waals surface area contributed by atoms with E-state index in [1.165, 1.54) is 11.1 Å². The van der Waals surface area contributed by atoms with Gasteiger partial charge in [-0.1, -0.05) is 74.5 Å². The van der Waals surface area contributed by atoms with Crippen LogP contribution >= 0.6 is 0 Å². The number of hydrogen-bond acceptors (Lipinski definition) is 5. The van der Waals surface area contributed by atoms with E-state index in [2.05, 4.69) is 86.5 Å². The molecule has 0 N–H and O–H groups in total. The zero-order valence-corrected chi connectivity index (χ0v) is 19.8. The molecule has 1 aliphatic heterocycles. The van der Waals surface area contributed by atoms with Crippen LogP contribution < -0.4 is 0 Å². The minimum Gasteiger partial charge on any atom is -0.377 e. The summed E-state index contributed by atoms with van der Waals surface area (Å²) in [5.74, 6) is 0. The van der Waals surface area contributed by atoms with Crippen molar-refractivity contribution in [2.45, 2.75) is 51.0 Å². The van der Waals surface area contributed by atoms with Crippen LogP contribution in [0.1, 0.15) is 50.0 Å². The Balaban J connectivity index is 1.93. The van der Waals surface area contributed by atoms with Crippen LogP contribution in [0.25, 0.3) is 0 Å². The van der Waals surface area contributed by atoms with Crippen molar-refractivity contribution in [2.75, 3.05) is 46.7 Å². The second-order valence-electron chi connectivity index (χ2n) is 8.25. The Kier molecular flexibility index (Phi) is 10.7. The van der Waals surface area contributed by atoms with Gasteiger partial charge in [0.2, 0.25) is 0 Å². The number of benzene rings is 2. The largest absolute Gasteiger partial charge is 0.377 e. The van der Waals surface area contributed by atoms with Gasteiger partial charge >= 0.3 is 0 Å². The van der Waals surface area contributed by atoms with Gasteiger partial charge in [0.15, 0.2) is 0 Å². The maximum Gasteiger partial charge on any atom is 0.0981 e. The molecule has 1 saturated heterocycles. The van der Waals surface area contributed by atoms with E-state index in [0.717, 1.165) is 12.8 Å². The minimum absolute atomic E-state index is 0.0401. The third kappa shape index (κ3) is 6.87. The van der Waals surface area contributed by atoms with Crippen LogP contribution in [0.3, 0.4) is 0 Å². The summed E-state index contributed by atoms with van der Waals surface area (Å²) in [4.78, 5) is 2.47.